The van der Waals surface area contributed by atoms with Gasteiger partial charge in [0.2, 0.25) is 0 Å². The number of benzene rings is 1. The number of aryl methyl sites for hydroxylation is 1. The monoisotopic (exact) mass is 258 g/mol. The predicted octanol–water partition coefficient (Wildman–Crippen LogP) is 1.08. The highest BCUT2D eigenvalue weighted by Crippen LogP contribution is 2.21. The first-order valence-electron chi connectivity index (χ1n) is 6.57. The van der Waals surface area contributed by atoms with Crippen molar-refractivity contribution in [2.24, 2.45) is 0 Å². The van der Waals surface area contributed by atoms with Gasteiger partial charge < -0.3 is 10.2 Å². The molecule has 0 amide bonds. The Hall–Kier alpha value is -1.49. The van der Waals surface area contributed by atoms with Crippen molar-refractivity contribution in [2.75, 3.05) is 13.1 Å². The molecule has 4 heteroatoms. The number of hydrogen-bond acceptors (Lipinski definition) is 4. The zero-order valence-electron chi connectivity index (χ0n) is 11.0. The Morgan fingerprint density at radius 1 is 1.21 bits per heavy atom. The second-order valence-electron chi connectivity index (χ2n) is 5.27. The van der Waals surface area contributed by atoms with Crippen molar-refractivity contribution in [3.63, 3.8) is 0 Å². The molecule has 2 N–H and O–H groups in total. The van der Waals surface area contributed by atoms with Crippen LogP contribution in [0.1, 0.15) is 11.3 Å². The first-order chi connectivity index (χ1) is 9.13. The van der Waals surface area contributed by atoms with Gasteiger partial charge in [0.05, 0.1) is 17.7 Å². The second-order valence-corrected chi connectivity index (χ2v) is 5.27. The van der Waals surface area contributed by atoms with Gasteiger partial charge in [0.15, 0.2) is 0 Å². The summed E-state index contributed by atoms with van der Waals surface area (Å²) in [6.45, 7) is 3.77. The van der Waals surface area contributed by atoms with E-state index in [0.29, 0.717) is 13.1 Å². The van der Waals surface area contributed by atoms with Crippen LogP contribution in [0.3, 0.4) is 0 Å². The van der Waals surface area contributed by atoms with Crippen molar-refractivity contribution in [1.29, 1.82) is 0 Å². The van der Waals surface area contributed by atoms with E-state index in [1.807, 2.05) is 25.1 Å². The van der Waals surface area contributed by atoms with Gasteiger partial charge in [-0.25, -0.2) is 0 Å². The molecule has 2 atom stereocenters. The minimum Gasteiger partial charge on any atom is -0.389 e. The summed E-state index contributed by atoms with van der Waals surface area (Å²) >= 11 is 0. The number of aromatic nitrogens is 1. The summed E-state index contributed by atoms with van der Waals surface area (Å²) in [7, 11) is 0. The van der Waals surface area contributed by atoms with E-state index in [0.717, 1.165) is 23.1 Å². The van der Waals surface area contributed by atoms with Gasteiger partial charge in [-0.15, -0.1) is 0 Å². The quantitative estimate of drug-likeness (QED) is 0.846. The second kappa shape index (κ2) is 4.89. The molecule has 0 bridgehead atoms. The molecule has 1 aliphatic heterocycles. The Labute approximate surface area is 112 Å². The lowest BCUT2D eigenvalue weighted by atomic mass is 10.1. The topological polar surface area (TPSA) is 56.6 Å². The van der Waals surface area contributed by atoms with Crippen molar-refractivity contribution in [3.05, 3.63) is 41.6 Å². The fourth-order valence-electron chi connectivity index (χ4n) is 2.74. The van der Waals surface area contributed by atoms with Gasteiger partial charge >= 0.3 is 0 Å². The van der Waals surface area contributed by atoms with Crippen molar-refractivity contribution in [2.45, 2.75) is 25.7 Å². The molecule has 2 aromatic rings. The molecule has 19 heavy (non-hydrogen) atoms. The van der Waals surface area contributed by atoms with E-state index in [1.165, 1.54) is 5.56 Å². The number of aliphatic hydroxyl groups is 2. The van der Waals surface area contributed by atoms with E-state index >= 15 is 0 Å². The van der Waals surface area contributed by atoms with Crippen molar-refractivity contribution < 1.29 is 10.2 Å². The van der Waals surface area contributed by atoms with E-state index in [9.17, 15) is 10.2 Å². The van der Waals surface area contributed by atoms with Crippen LogP contribution in [0.4, 0.5) is 0 Å². The van der Waals surface area contributed by atoms with Crippen LogP contribution in [0.25, 0.3) is 10.9 Å². The molecule has 4 nitrogen and oxygen atoms in total. The molecule has 1 saturated heterocycles. The van der Waals surface area contributed by atoms with Crippen LogP contribution in [0.5, 0.6) is 0 Å². The van der Waals surface area contributed by atoms with Crippen LogP contribution in [-0.2, 0) is 6.54 Å². The van der Waals surface area contributed by atoms with Crippen molar-refractivity contribution in [3.8, 4) is 0 Å². The average molecular weight is 258 g/mol. The van der Waals surface area contributed by atoms with Gasteiger partial charge in [0, 0.05) is 30.7 Å². The third-order valence-corrected chi connectivity index (χ3v) is 3.66. The van der Waals surface area contributed by atoms with Crippen LogP contribution in [-0.4, -0.2) is 45.4 Å². The van der Waals surface area contributed by atoms with Gasteiger partial charge in [-0.1, -0.05) is 18.2 Å². The van der Waals surface area contributed by atoms with Crippen LogP contribution in [0.15, 0.2) is 30.3 Å². The molecule has 0 spiro atoms. The van der Waals surface area contributed by atoms with Gasteiger partial charge in [-0.3, -0.25) is 9.88 Å². The lowest BCUT2D eigenvalue weighted by Crippen LogP contribution is -2.22. The number of likely N-dealkylation sites (tertiary alicyclic amines) is 1. The SMILES string of the molecule is Cc1cc(CN2C[C@@H](O)[C@@H](O)C2)c2ccccc2n1. The fourth-order valence-corrected chi connectivity index (χ4v) is 2.74. The van der Waals surface area contributed by atoms with Gasteiger partial charge in [-0.2, -0.15) is 0 Å². The highest BCUT2D eigenvalue weighted by Gasteiger charge is 2.29. The Kier molecular flexibility index (Phi) is 3.22. The maximum absolute atomic E-state index is 9.61. The van der Waals surface area contributed by atoms with E-state index < -0.39 is 12.2 Å². The van der Waals surface area contributed by atoms with E-state index in [-0.39, 0.29) is 0 Å². The molecule has 100 valence electrons. The van der Waals surface area contributed by atoms with Crippen LogP contribution in [0.2, 0.25) is 0 Å². The third kappa shape index (κ3) is 2.47. The summed E-state index contributed by atoms with van der Waals surface area (Å²) in [4.78, 5) is 6.60. The average Bonchev–Trinajstić information content (AvgIpc) is 2.68. The summed E-state index contributed by atoms with van der Waals surface area (Å²) in [6, 6.07) is 10.2. The zero-order valence-corrected chi connectivity index (χ0v) is 11.0. The summed E-state index contributed by atoms with van der Waals surface area (Å²) in [6.07, 6.45) is -1.26. The summed E-state index contributed by atoms with van der Waals surface area (Å²) in [5, 5.41) is 20.4. The molecule has 1 aromatic heterocycles. The molecular weight excluding hydrogens is 240 g/mol. The molecule has 2 heterocycles. The number of fused-ring (bicyclic) bond motifs is 1. The Bertz CT molecular complexity index is 590. The molecule has 1 fully saturated rings. The minimum absolute atomic E-state index is 0.525. The van der Waals surface area contributed by atoms with E-state index in [2.05, 4.69) is 22.0 Å². The molecule has 0 unspecified atom stereocenters. The largest absolute Gasteiger partial charge is 0.389 e. The smallest absolute Gasteiger partial charge is 0.0938 e. The number of para-hydroxylation sites is 1. The summed E-state index contributed by atoms with van der Waals surface area (Å²) < 4.78 is 0. The standard InChI is InChI=1S/C15H18N2O2/c1-10-6-11(7-17-8-14(18)15(19)9-17)12-4-2-3-5-13(12)16-10/h2-6,14-15,18-19H,7-9H2,1H3/t14-,15+. The molecular formula is C15H18N2O2. The number of hydrogen-bond donors (Lipinski definition) is 2. The van der Waals surface area contributed by atoms with Crippen LogP contribution < -0.4 is 0 Å². The Morgan fingerprint density at radius 2 is 1.89 bits per heavy atom. The zero-order chi connectivity index (χ0) is 13.4. The Balaban J connectivity index is 1.92. The number of aliphatic hydroxyl groups excluding tert-OH is 2. The highest BCUT2D eigenvalue weighted by molar-refractivity contribution is 5.82. The molecule has 3 rings (SSSR count). The first-order valence-corrected chi connectivity index (χ1v) is 6.57. The lowest BCUT2D eigenvalue weighted by Gasteiger charge is -2.16. The maximum atomic E-state index is 9.61. The predicted molar refractivity (Wildman–Crippen MR) is 73.8 cm³/mol. The minimum atomic E-state index is -0.630. The number of nitrogens with zero attached hydrogens (tertiary/aromatic N) is 2. The number of rotatable bonds is 2. The lowest BCUT2D eigenvalue weighted by molar-refractivity contribution is 0.0572. The molecule has 1 aliphatic rings. The van der Waals surface area contributed by atoms with Crippen LogP contribution in [0, 0.1) is 6.92 Å². The Morgan fingerprint density at radius 3 is 2.63 bits per heavy atom. The van der Waals surface area contributed by atoms with Gasteiger partial charge in [-0.05, 0) is 24.6 Å². The third-order valence-electron chi connectivity index (χ3n) is 3.66. The summed E-state index contributed by atoms with van der Waals surface area (Å²) in [5.41, 5.74) is 3.19. The number of β-amino-alcohol motifs (C(OH)–C–C–N with tert-alkyl or cyclic N) is 2. The number of pyridine rings is 1. The van der Waals surface area contributed by atoms with Crippen LogP contribution >= 0.6 is 0 Å². The molecule has 1 aromatic carbocycles. The molecule has 0 saturated carbocycles. The van der Waals surface area contributed by atoms with E-state index in [1.54, 1.807) is 0 Å². The van der Waals surface area contributed by atoms with Gasteiger partial charge in [0.1, 0.15) is 0 Å². The highest BCUT2D eigenvalue weighted by atomic mass is 16.3. The normalized spacial score (nSPS) is 24.2. The fraction of sp³-hybridized carbons (Fsp3) is 0.400. The van der Waals surface area contributed by atoms with E-state index in [4.69, 9.17) is 0 Å². The van der Waals surface area contributed by atoms with Crippen molar-refractivity contribution in [1.82, 2.24) is 9.88 Å². The first kappa shape index (κ1) is 12.5. The van der Waals surface area contributed by atoms with Gasteiger partial charge in [0.25, 0.3) is 0 Å². The summed E-state index contributed by atoms with van der Waals surface area (Å²) in [5.74, 6) is 0. The maximum Gasteiger partial charge on any atom is 0.0938 e. The molecule has 0 aliphatic carbocycles. The molecule has 0 radical (unpaired) electrons. The van der Waals surface area contributed by atoms with Crippen molar-refractivity contribution >= 4 is 10.9 Å².